The highest BCUT2D eigenvalue weighted by Crippen LogP contribution is 2.16. The zero-order valence-electron chi connectivity index (χ0n) is 7.96. The molecule has 2 unspecified atom stereocenters. The van der Waals surface area contributed by atoms with E-state index in [2.05, 4.69) is 0 Å². The van der Waals surface area contributed by atoms with Crippen molar-refractivity contribution in [3.63, 3.8) is 0 Å². The Bertz CT molecular complexity index is 194. The van der Waals surface area contributed by atoms with Gasteiger partial charge in [0, 0.05) is 7.12 Å². The molecule has 48 valence electrons. The van der Waals surface area contributed by atoms with E-state index >= 15 is 0 Å². The van der Waals surface area contributed by atoms with Crippen molar-refractivity contribution in [3.05, 3.63) is 0 Å². The molecule has 0 aromatic carbocycles. The van der Waals surface area contributed by atoms with Crippen LogP contribution in [0, 0.1) is 0 Å². The third-order valence-electron chi connectivity index (χ3n) is 0.700. The molecule has 8 heavy (non-hydrogen) atoms. The van der Waals surface area contributed by atoms with Gasteiger partial charge in [0.1, 0.15) is 2.82 Å². The molecule has 4 heteroatoms. The molecule has 1 fully saturated rings. The Hall–Kier alpha value is 0.270. The average molecular weight is 158 g/mol. The molecule has 0 bridgehead atoms. The number of carbonyl (C=O) groups is 1. The van der Waals surface area contributed by atoms with Gasteiger partial charge < -0.3 is 5.72 Å². The Morgan fingerprint density at radius 1 is 2.25 bits per heavy atom. The SMILES string of the molecule is Cl.[2H]C1CSC(=O)C1([2H])N([2H])[2H]. The van der Waals surface area contributed by atoms with Crippen molar-refractivity contribution in [1.82, 2.24) is 0 Å². The average Bonchev–Trinajstić information content (AvgIpc) is 2.18. The quantitative estimate of drug-likeness (QED) is 0.599. The van der Waals surface area contributed by atoms with Gasteiger partial charge in [0.2, 0.25) is 5.12 Å². The van der Waals surface area contributed by atoms with Crippen LogP contribution in [-0.2, 0) is 4.79 Å². The number of carbonyl (C=O) groups excluding carboxylic acids is 1. The number of rotatable bonds is 1. The van der Waals surface area contributed by atoms with E-state index in [0.29, 0.717) is 0 Å². The number of hydrogen-bond acceptors (Lipinski definition) is 3. The van der Waals surface area contributed by atoms with Gasteiger partial charge in [0.05, 0.1) is 7.39 Å². The Morgan fingerprint density at radius 3 is 3.25 bits per heavy atom. The Labute approximate surface area is 64.3 Å². The van der Waals surface area contributed by atoms with Gasteiger partial charge >= 0.3 is 0 Å². The summed E-state index contributed by atoms with van der Waals surface area (Å²) >= 11 is 0.845. The first-order valence-electron chi connectivity index (χ1n) is 3.84. The van der Waals surface area contributed by atoms with Crippen LogP contribution in [-0.4, -0.2) is 16.9 Å². The molecule has 0 radical (unpaired) electrons. The fraction of sp³-hybridized carbons (Fsp3) is 0.750. The second-order valence-electron chi connectivity index (χ2n) is 1.19. The molecule has 0 aliphatic carbocycles. The van der Waals surface area contributed by atoms with Gasteiger partial charge in [-0.1, -0.05) is 11.8 Å². The zero-order valence-corrected chi connectivity index (χ0v) is 5.59. The van der Waals surface area contributed by atoms with E-state index in [-0.39, 0.29) is 23.9 Å². The number of hydrogen-bond donors (Lipinski definition) is 1. The summed E-state index contributed by atoms with van der Waals surface area (Å²) in [5, 5.41) is -0.581. The van der Waals surface area contributed by atoms with Crippen LogP contribution in [0.2, 0.25) is 2.82 Å². The van der Waals surface area contributed by atoms with Crippen LogP contribution >= 0.6 is 24.2 Å². The molecule has 0 saturated carbocycles. The lowest BCUT2D eigenvalue weighted by atomic mass is 10.3. The molecular weight excluding hydrogens is 146 g/mol. The lowest BCUT2D eigenvalue weighted by Crippen LogP contribution is -2.22. The molecule has 1 rings (SSSR count). The first-order chi connectivity index (χ1) is 4.99. The summed E-state index contributed by atoms with van der Waals surface area (Å²) in [4.78, 5) is 10.9. The number of halogens is 1. The minimum absolute atomic E-state index is 0. The molecule has 1 aliphatic rings. The van der Waals surface area contributed by atoms with E-state index in [1.54, 1.807) is 0 Å². The van der Waals surface area contributed by atoms with Gasteiger partial charge in [0.25, 0.3) is 0 Å². The Morgan fingerprint density at radius 2 is 3.00 bits per heavy atom. The van der Waals surface area contributed by atoms with E-state index < -0.39 is 17.5 Å². The molecular formula is C4H8ClNOS. The minimum atomic E-state index is -1.98. The summed E-state index contributed by atoms with van der Waals surface area (Å²) in [6.07, 6.45) is -0.991. The van der Waals surface area contributed by atoms with Gasteiger partial charge in [-0.3, -0.25) is 4.79 Å². The Kier molecular flexibility index (Phi) is 1.43. The van der Waals surface area contributed by atoms with Crippen LogP contribution in [0.3, 0.4) is 0 Å². The van der Waals surface area contributed by atoms with Gasteiger partial charge in [0.15, 0.2) is 0 Å². The highest BCUT2D eigenvalue weighted by Gasteiger charge is 2.19. The predicted molar refractivity (Wildman–Crippen MR) is 37.3 cm³/mol. The maximum atomic E-state index is 10.9. The maximum Gasteiger partial charge on any atom is 0.205 e. The zero-order chi connectivity index (χ0) is 8.65. The van der Waals surface area contributed by atoms with E-state index in [0.717, 1.165) is 11.8 Å². The van der Waals surface area contributed by atoms with Crippen LogP contribution < -0.4 is 5.72 Å². The lowest BCUT2D eigenvalue weighted by Gasteiger charge is -1.90. The fourth-order valence-corrected chi connectivity index (χ4v) is 0.977. The third kappa shape index (κ3) is 1.65. The van der Waals surface area contributed by atoms with E-state index in [4.69, 9.17) is 5.57 Å². The molecule has 1 heterocycles. The monoisotopic (exact) mass is 157 g/mol. The molecule has 2 N–H and O–H groups in total. The molecule has 1 aliphatic heterocycles. The highest BCUT2D eigenvalue weighted by atomic mass is 35.5. The lowest BCUT2D eigenvalue weighted by molar-refractivity contribution is -0.111. The first-order valence-corrected chi connectivity index (χ1v) is 2.85. The highest BCUT2D eigenvalue weighted by molar-refractivity contribution is 8.14. The molecule has 1 saturated heterocycles. The van der Waals surface area contributed by atoms with Crippen LogP contribution in [0.25, 0.3) is 0 Å². The third-order valence-corrected chi connectivity index (χ3v) is 1.50. The molecule has 0 aromatic heterocycles. The normalized spacial score (nSPS) is 53.6. The van der Waals surface area contributed by atoms with E-state index in [1.165, 1.54) is 0 Å². The van der Waals surface area contributed by atoms with Crippen molar-refractivity contribution in [2.75, 3.05) is 5.75 Å². The van der Waals surface area contributed by atoms with Gasteiger partial charge in [-0.2, -0.15) is 0 Å². The topological polar surface area (TPSA) is 43.1 Å². The molecule has 2 atom stereocenters. The number of nitrogens with two attached hydrogens (primary N) is 1. The summed E-state index contributed by atoms with van der Waals surface area (Å²) in [5.74, 6) is 0.205. The summed E-state index contributed by atoms with van der Waals surface area (Å²) in [6, 6.07) is -1.98. The van der Waals surface area contributed by atoms with Gasteiger partial charge in [-0.25, -0.2) is 0 Å². The van der Waals surface area contributed by atoms with Gasteiger partial charge in [-0.05, 0) is 6.40 Å². The number of thioether (sulfide) groups is 1. The van der Waals surface area contributed by atoms with Crippen LogP contribution in [0.15, 0.2) is 0 Å². The van der Waals surface area contributed by atoms with Crippen LogP contribution in [0.1, 0.15) is 9.14 Å². The molecule has 0 amide bonds. The van der Waals surface area contributed by atoms with Crippen molar-refractivity contribution >= 4 is 29.3 Å². The molecule has 0 aromatic rings. The van der Waals surface area contributed by atoms with Crippen molar-refractivity contribution in [3.8, 4) is 0 Å². The van der Waals surface area contributed by atoms with E-state index in [1.807, 2.05) is 0 Å². The van der Waals surface area contributed by atoms with Crippen LogP contribution in [0.4, 0.5) is 0 Å². The maximum absolute atomic E-state index is 10.9. The minimum Gasteiger partial charge on any atom is -0.321 e. The smallest absolute Gasteiger partial charge is 0.205 e. The van der Waals surface area contributed by atoms with E-state index in [9.17, 15) is 4.79 Å². The van der Waals surface area contributed by atoms with Gasteiger partial charge in [-0.15, -0.1) is 12.4 Å². The fourth-order valence-electron chi connectivity index (χ4n) is 0.354. The summed E-state index contributed by atoms with van der Waals surface area (Å²) in [7, 11) is 0. The van der Waals surface area contributed by atoms with Crippen molar-refractivity contribution < 1.29 is 10.4 Å². The van der Waals surface area contributed by atoms with Crippen LogP contribution in [0.5, 0.6) is 0 Å². The van der Waals surface area contributed by atoms with Crippen molar-refractivity contribution in [2.24, 2.45) is 5.72 Å². The summed E-state index contributed by atoms with van der Waals surface area (Å²) in [6.45, 7) is 0. The van der Waals surface area contributed by atoms with Crippen molar-refractivity contribution in [1.29, 1.82) is 0 Å². The summed E-state index contributed by atoms with van der Waals surface area (Å²) in [5.41, 5.74) is 0.00694. The first kappa shape index (κ1) is 3.44. The molecule has 2 nitrogen and oxygen atoms in total. The Balaban J connectivity index is 0.00000121. The second kappa shape index (κ2) is 3.33. The van der Waals surface area contributed by atoms with Crippen molar-refractivity contribution in [2.45, 2.75) is 12.4 Å². The largest absolute Gasteiger partial charge is 0.321 e. The molecule has 0 spiro atoms. The predicted octanol–water partition coefficient (Wildman–Crippen LogP) is 0.399. The second-order valence-corrected chi connectivity index (χ2v) is 2.18. The summed E-state index contributed by atoms with van der Waals surface area (Å²) < 4.78 is 28.2. The standard InChI is InChI=1S/C4H7NOS.ClH/c5-3-1-2-7-4(3)6;/h3H,1-2,5H2;1H/i1D,3D;/hD2.